The summed E-state index contributed by atoms with van der Waals surface area (Å²) >= 11 is 0. The Balaban J connectivity index is 1.31. The first-order valence-electron chi connectivity index (χ1n) is 9.43. The Bertz CT molecular complexity index is 1230. The molecule has 0 radical (unpaired) electrons. The molecule has 4 aromatic rings. The number of furan rings is 1. The molecule has 0 unspecified atom stereocenters. The first-order valence-corrected chi connectivity index (χ1v) is 9.43. The molecule has 0 bridgehead atoms. The summed E-state index contributed by atoms with van der Waals surface area (Å²) in [5.74, 6) is -0.865. The van der Waals surface area contributed by atoms with Crippen LogP contribution in [0.1, 0.15) is 32.0 Å². The second kappa shape index (κ2) is 8.96. The fraction of sp³-hybridized carbons (Fsp3) is 0.0417. The number of nitrogens with zero attached hydrogens (tertiary/aromatic N) is 1. The van der Waals surface area contributed by atoms with E-state index >= 15 is 0 Å². The van der Waals surface area contributed by atoms with E-state index in [1.807, 2.05) is 18.2 Å². The number of ether oxygens (including phenoxy) is 1. The Labute approximate surface area is 177 Å². The molecule has 0 aliphatic carbocycles. The highest BCUT2D eigenvalue weighted by molar-refractivity contribution is 5.96. The van der Waals surface area contributed by atoms with E-state index in [0.29, 0.717) is 11.3 Å². The third-order valence-corrected chi connectivity index (χ3v) is 4.48. The smallest absolute Gasteiger partial charge is 0.307 e. The van der Waals surface area contributed by atoms with E-state index in [9.17, 15) is 14.7 Å². The van der Waals surface area contributed by atoms with E-state index in [2.05, 4.69) is 10.5 Å². The van der Waals surface area contributed by atoms with Gasteiger partial charge < -0.3 is 19.1 Å². The summed E-state index contributed by atoms with van der Waals surface area (Å²) in [6.07, 6.45) is 1.51. The highest BCUT2D eigenvalue weighted by atomic mass is 16.5. The molecular formula is C24H17N2O5-. The van der Waals surface area contributed by atoms with E-state index in [0.717, 1.165) is 16.5 Å². The number of amides is 1. The molecule has 0 atom stereocenters. The first kappa shape index (κ1) is 19.9. The molecule has 3 aromatic carbocycles. The molecule has 31 heavy (non-hydrogen) atoms. The average Bonchev–Trinajstić information content (AvgIpc) is 3.23. The maximum Gasteiger partial charge on any atom is 0.307 e. The van der Waals surface area contributed by atoms with Crippen molar-refractivity contribution in [3.8, 4) is 5.75 Å². The number of rotatable bonds is 7. The summed E-state index contributed by atoms with van der Waals surface area (Å²) in [6.45, 7) is 0.224. The highest BCUT2D eigenvalue weighted by Gasteiger charge is 2.10. The molecule has 0 fully saturated rings. The zero-order valence-electron chi connectivity index (χ0n) is 16.3. The monoisotopic (exact) mass is 413 g/mol. The normalized spacial score (nSPS) is 11.0. The van der Waals surface area contributed by atoms with Crippen LogP contribution >= 0.6 is 0 Å². The van der Waals surface area contributed by atoms with Gasteiger partial charge in [0.15, 0.2) is 5.76 Å². The largest absolute Gasteiger partial charge is 0.545 e. The molecule has 0 spiro atoms. The Kier molecular flexibility index (Phi) is 5.75. The van der Waals surface area contributed by atoms with Crippen molar-refractivity contribution in [2.75, 3.05) is 0 Å². The maximum absolute atomic E-state index is 12.2. The number of carbonyl (C=O) groups is 2. The lowest BCUT2D eigenvalue weighted by Gasteiger charge is -2.08. The van der Waals surface area contributed by atoms with Crippen LogP contribution in [0.4, 0.5) is 0 Å². The second-order valence-electron chi connectivity index (χ2n) is 6.69. The number of nitrogens with one attached hydrogen (secondary N) is 1. The van der Waals surface area contributed by atoms with Crippen molar-refractivity contribution in [1.82, 2.24) is 5.43 Å². The fourth-order valence-corrected chi connectivity index (χ4v) is 2.92. The van der Waals surface area contributed by atoms with E-state index in [-0.39, 0.29) is 17.9 Å². The number of carbonyl (C=O) groups excluding carboxylic acids is 2. The number of carboxylic acids is 1. The number of benzene rings is 3. The van der Waals surface area contributed by atoms with Gasteiger partial charge in [-0.25, -0.2) is 5.43 Å². The topological polar surface area (TPSA) is 104 Å². The molecular weight excluding hydrogens is 396 g/mol. The predicted octanol–water partition coefficient (Wildman–Crippen LogP) is 3.14. The van der Waals surface area contributed by atoms with Crippen LogP contribution < -0.4 is 15.3 Å². The van der Waals surface area contributed by atoms with Gasteiger partial charge in [0, 0.05) is 5.39 Å². The van der Waals surface area contributed by atoms with Gasteiger partial charge in [0.1, 0.15) is 17.9 Å². The molecule has 1 amide bonds. The first-order chi connectivity index (χ1) is 15.1. The van der Waals surface area contributed by atoms with Crippen molar-refractivity contribution in [3.05, 3.63) is 101 Å². The Morgan fingerprint density at radius 3 is 2.58 bits per heavy atom. The van der Waals surface area contributed by atoms with E-state index in [1.54, 1.807) is 48.5 Å². The van der Waals surface area contributed by atoms with Gasteiger partial charge >= 0.3 is 5.91 Å². The number of carboxylic acid groups (broad SMARTS) is 1. The van der Waals surface area contributed by atoms with Crippen LogP contribution in [0.3, 0.4) is 0 Å². The lowest BCUT2D eigenvalue weighted by Crippen LogP contribution is -2.22. The Hall–Kier alpha value is -4.39. The molecule has 154 valence electrons. The van der Waals surface area contributed by atoms with Gasteiger partial charge in [-0.15, -0.1) is 0 Å². The van der Waals surface area contributed by atoms with E-state index in [1.165, 1.54) is 18.3 Å². The van der Waals surface area contributed by atoms with Crippen molar-refractivity contribution >= 4 is 29.1 Å². The number of para-hydroxylation sites is 1. The molecule has 7 nitrogen and oxygen atoms in total. The van der Waals surface area contributed by atoms with Gasteiger partial charge in [-0.3, -0.25) is 4.79 Å². The van der Waals surface area contributed by atoms with E-state index < -0.39 is 11.9 Å². The van der Waals surface area contributed by atoms with Crippen molar-refractivity contribution in [2.24, 2.45) is 5.10 Å². The van der Waals surface area contributed by atoms with Gasteiger partial charge in [-0.05, 0) is 59.2 Å². The lowest BCUT2D eigenvalue weighted by molar-refractivity contribution is -0.255. The number of hydrogen-bond donors (Lipinski definition) is 1. The molecule has 7 heteroatoms. The van der Waals surface area contributed by atoms with Gasteiger partial charge in [-0.2, -0.15) is 5.10 Å². The molecule has 4 rings (SSSR count). The molecule has 1 aromatic heterocycles. The summed E-state index contributed by atoms with van der Waals surface area (Å²) in [4.78, 5) is 23.1. The SMILES string of the molecule is O=C([O-])c1cccc(COc2ccc(/C=N\NC(=O)c3cc4ccccc4o3)cc2)c1. The minimum absolute atomic E-state index is 0.109. The number of hydrogen-bond acceptors (Lipinski definition) is 6. The average molecular weight is 413 g/mol. The fourth-order valence-electron chi connectivity index (χ4n) is 2.92. The summed E-state index contributed by atoms with van der Waals surface area (Å²) in [5, 5.41) is 15.7. The molecule has 0 saturated carbocycles. The minimum Gasteiger partial charge on any atom is -0.545 e. The molecule has 1 N–H and O–H groups in total. The molecule has 0 saturated heterocycles. The molecule has 1 heterocycles. The third-order valence-electron chi connectivity index (χ3n) is 4.48. The van der Waals surface area contributed by atoms with Crippen molar-refractivity contribution in [1.29, 1.82) is 0 Å². The molecule has 0 aliphatic heterocycles. The summed E-state index contributed by atoms with van der Waals surface area (Å²) < 4.78 is 11.2. The van der Waals surface area contributed by atoms with Gasteiger partial charge in [0.25, 0.3) is 0 Å². The maximum atomic E-state index is 12.2. The van der Waals surface area contributed by atoms with Crippen molar-refractivity contribution < 1.29 is 23.8 Å². The van der Waals surface area contributed by atoms with Crippen LogP contribution in [0, 0.1) is 0 Å². The lowest BCUT2D eigenvalue weighted by atomic mass is 10.1. The third kappa shape index (κ3) is 4.97. The minimum atomic E-state index is -1.22. The van der Waals surface area contributed by atoms with Gasteiger partial charge in [0.2, 0.25) is 0 Å². The van der Waals surface area contributed by atoms with Crippen LogP contribution in [-0.4, -0.2) is 18.1 Å². The van der Waals surface area contributed by atoms with Crippen LogP contribution in [-0.2, 0) is 6.61 Å². The second-order valence-corrected chi connectivity index (χ2v) is 6.69. The summed E-state index contributed by atoms with van der Waals surface area (Å²) in [6, 6.07) is 22.5. The zero-order valence-corrected chi connectivity index (χ0v) is 16.3. The summed E-state index contributed by atoms with van der Waals surface area (Å²) in [5.41, 5.74) is 4.67. The summed E-state index contributed by atoms with van der Waals surface area (Å²) in [7, 11) is 0. The predicted molar refractivity (Wildman–Crippen MR) is 113 cm³/mol. The standard InChI is InChI=1S/C24H18N2O5/c27-23(22-13-18-5-1-2-7-21(18)31-22)26-25-14-16-8-10-20(11-9-16)30-15-17-4-3-6-19(12-17)24(28)29/h1-14H,15H2,(H,26,27)(H,28,29)/p-1/b25-14-. The van der Waals surface area contributed by atoms with Gasteiger partial charge in [-0.1, -0.05) is 36.4 Å². The quantitative estimate of drug-likeness (QED) is 0.370. The number of aromatic carboxylic acids is 1. The highest BCUT2D eigenvalue weighted by Crippen LogP contribution is 2.18. The van der Waals surface area contributed by atoms with Crippen molar-refractivity contribution in [2.45, 2.75) is 6.61 Å². The Morgan fingerprint density at radius 2 is 1.81 bits per heavy atom. The zero-order chi connectivity index (χ0) is 21.6. The number of hydrazone groups is 1. The van der Waals surface area contributed by atoms with Crippen LogP contribution in [0.15, 0.2) is 88.4 Å². The van der Waals surface area contributed by atoms with Crippen LogP contribution in [0.5, 0.6) is 5.75 Å². The van der Waals surface area contributed by atoms with Crippen LogP contribution in [0.2, 0.25) is 0 Å². The van der Waals surface area contributed by atoms with Crippen molar-refractivity contribution in [3.63, 3.8) is 0 Å². The Morgan fingerprint density at radius 1 is 1.00 bits per heavy atom. The van der Waals surface area contributed by atoms with Gasteiger partial charge in [0.05, 0.1) is 12.2 Å². The number of fused-ring (bicyclic) bond motifs is 1. The molecule has 0 aliphatic rings. The van der Waals surface area contributed by atoms with Crippen LogP contribution in [0.25, 0.3) is 11.0 Å². The van der Waals surface area contributed by atoms with E-state index in [4.69, 9.17) is 9.15 Å².